The van der Waals surface area contributed by atoms with Crippen LogP contribution in [0.3, 0.4) is 0 Å². The summed E-state index contributed by atoms with van der Waals surface area (Å²) in [5.74, 6) is -1.24. The van der Waals surface area contributed by atoms with Gasteiger partial charge in [-0.2, -0.15) is 13.2 Å². The normalized spacial score (nSPS) is 11.2. The second kappa shape index (κ2) is 7.09. The van der Waals surface area contributed by atoms with Gasteiger partial charge in [0, 0.05) is 6.54 Å². The highest BCUT2D eigenvalue weighted by Gasteiger charge is 2.27. The van der Waals surface area contributed by atoms with Gasteiger partial charge in [-0.25, -0.2) is 4.39 Å². The fourth-order valence-corrected chi connectivity index (χ4v) is 1.33. The monoisotopic (exact) mass is 295 g/mol. The molecule has 1 aromatic carbocycles. The summed E-state index contributed by atoms with van der Waals surface area (Å²) < 4.78 is 57.5. The molecule has 0 aliphatic rings. The smallest absolute Gasteiger partial charge is 0.411 e. The van der Waals surface area contributed by atoms with Crippen molar-refractivity contribution < 1.29 is 31.8 Å². The second-order valence-electron chi connectivity index (χ2n) is 3.85. The van der Waals surface area contributed by atoms with Gasteiger partial charge in [0.2, 0.25) is 5.91 Å². The molecule has 0 aliphatic carbocycles. The Morgan fingerprint density at radius 2 is 2.05 bits per heavy atom. The van der Waals surface area contributed by atoms with Crippen LogP contribution in [0.5, 0.6) is 5.75 Å². The third-order valence-corrected chi connectivity index (χ3v) is 2.20. The molecule has 0 radical (unpaired) electrons. The lowest BCUT2D eigenvalue weighted by Gasteiger charge is -2.09. The van der Waals surface area contributed by atoms with E-state index in [2.05, 4.69) is 10.1 Å². The van der Waals surface area contributed by atoms with E-state index in [1.54, 1.807) is 0 Å². The highest BCUT2D eigenvalue weighted by Crippen LogP contribution is 2.17. The first-order chi connectivity index (χ1) is 9.31. The van der Waals surface area contributed by atoms with Crippen molar-refractivity contribution in [3.05, 3.63) is 29.6 Å². The van der Waals surface area contributed by atoms with Crippen LogP contribution in [-0.2, 0) is 16.1 Å². The van der Waals surface area contributed by atoms with Crippen molar-refractivity contribution in [1.29, 1.82) is 0 Å². The number of carbonyl (C=O) groups excluding carboxylic acids is 1. The van der Waals surface area contributed by atoms with Gasteiger partial charge >= 0.3 is 6.18 Å². The van der Waals surface area contributed by atoms with Crippen molar-refractivity contribution in [3.63, 3.8) is 0 Å². The van der Waals surface area contributed by atoms with Gasteiger partial charge in [-0.05, 0) is 17.7 Å². The molecule has 1 rings (SSSR count). The van der Waals surface area contributed by atoms with Crippen LogP contribution >= 0.6 is 0 Å². The Labute approximate surface area is 112 Å². The van der Waals surface area contributed by atoms with Gasteiger partial charge in [0.05, 0.1) is 7.11 Å². The van der Waals surface area contributed by atoms with Crippen molar-refractivity contribution in [3.8, 4) is 5.75 Å². The SMILES string of the molecule is COc1ccc(CNC(=O)COCC(F)(F)F)cc1F. The standard InChI is InChI=1S/C12H13F4NO3/c1-19-10-3-2-8(4-9(10)13)5-17-11(18)6-20-7-12(14,15)16/h2-4H,5-7H2,1H3,(H,17,18). The lowest BCUT2D eigenvalue weighted by molar-refractivity contribution is -0.175. The minimum atomic E-state index is -4.47. The van der Waals surface area contributed by atoms with E-state index in [0.29, 0.717) is 5.56 Å². The number of nitrogens with one attached hydrogen (secondary N) is 1. The minimum Gasteiger partial charge on any atom is -0.494 e. The molecule has 4 nitrogen and oxygen atoms in total. The van der Waals surface area contributed by atoms with Crippen molar-refractivity contribution >= 4 is 5.91 Å². The highest BCUT2D eigenvalue weighted by molar-refractivity contribution is 5.77. The van der Waals surface area contributed by atoms with E-state index >= 15 is 0 Å². The van der Waals surface area contributed by atoms with Crippen molar-refractivity contribution in [1.82, 2.24) is 5.32 Å². The molecule has 0 saturated carbocycles. The zero-order valence-corrected chi connectivity index (χ0v) is 10.6. The van der Waals surface area contributed by atoms with Gasteiger partial charge in [0.1, 0.15) is 13.2 Å². The first-order valence-corrected chi connectivity index (χ1v) is 5.55. The fraction of sp³-hybridized carbons (Fsp3) is 0.417. The molecule has 112 valence electrons. The van der Waals surface area contributed by atoms with Gasteiger partial charge in [0.25, 0.3) is 0 Å². The van der Waals surface area contributed by atoms with Crippen LogP contribution in [0.15, 0.2) is 18.2 Å². The molecule has 0 fully saturated rings. The van der Waals surface area contributed by atoms with Gasteiger partial charge in [-0.3, -0.25) is 4.79 Å². The Balaban J connectivity index is 2.36. The number of hydrogen-bond donors (Lipinski definition) is 1. The van der Waals surface area contributed by atoms with Crippen LogP contribution in [0.1, 0.15) is 5.56 Å². The van der Waals surface area contributed by atoms with Gasteiger partial charge < -0.3 is 14.8 Å². The summed E-state index contributed by atoms with van der Waals surface area (Å²) in [4.78, 5) is 11.2. The third-order valence-electron chi connectivity index (χ3n) is 2.20. The number of benzene rings is 1. The molecule has 0 unspecified atom stereocenters. The van der Waals surface area contributed by atoms with Crippen LogP contribution in [0.25, 0.3) is 0 Å². The topological polar surface area (TPSA) is 47.6 Å². The second-order valence-corrected chi connectivity index (χ2v) is 3.85. The number of methoxy groups -OCH3 is 1. The molecular formula is C12H13F4NO3. The van der Waals surface area contributed by atoms with Crippen LogP contribution in [-0.4, -0.2) is 32.4 Å². The fourth-order valence-electron chi connectivity index (χ4n) is 1.33. The molecule has 1 aromatic rings. The van der Waals surface area contributed by atoms with Gasteiger partial charge in [-0.15, -0.1) is 0 Å². The number of carbonyl (C=O) groups is 1. The first-order valence-electron chi connectivity index (χ1n) is 5.55. The predicted octanol–water partition coefficient (Wildman–Crippen LogP) is 2.03. The minimum absolute atomic E-state index is 0.0187. The largest absolute Gasteiger partial charge is 0.494 e. The molecule has 0 aromatic heterocycles. The molecule has 1 N–H and O–H groups in total. The average Bonchev–Trinajstić information content (AvgIpc) is 2.35. The Bertz CT molecular complexity index is 463. The number of alkyl halides is 3. The van der Waals surface area contributed by atoms with E-state index in [-0.39, 0.29) is 12.3 Å². The Morgan fingerprint density at radius 3 is 2.60 bits per heavy atom. The summed E-state index contributed by atoms with van der Waals surface area (Å²) in [6.45, 7) is -2.22. The summed E-state index contributed by atoms with van der Waals surface area (Å²) in [6.07, 6.45) is -4.47. The maximum Gasteiger partial charge on any atom is 0.411 e. The molecule has 0 atom stereocenters. The van der Waals surface area contributed by atoms with Gasteiger partial charge in [0.15, 0.2) is 11.6 Å². The Morgan fingerprint density at radius 1 is 1.35 bits per heavy atom. The zero-order valence-electron chi connectivity index (χ0n) is 10.6. The van der Waals surface area contributed by atoms with E-state index in [0.717, 1.165) is 6.07 Å². The average molecular weight is 295 g/mol. The maximum absolute atomic E-state index is 13.3. The number of amides is 1. The molecule has 0 heterocycles. The van der Waals surface area contributed by atoms with E-state index in [1.165, 1.54) is 19.2 Å². The molecule has 0 saturated heterocycles. The van der Waals surface area contributed by atoms with E-state index in [9.17, 15) is 22.4 Å². The lowest BCUT2D eigenvalue weighted by atomic mass is 10.2. The van der Waals surface area contributed by atoms with Crippen molar-refractivity contribution in [2.24, 2.45) is 0 Å². The summed E-state index contributed by atoms with van der Waals surface area (Å²) in [6, 6.07) is 4.07. The van der Waals surface area contributed by atoms with Crippen LogP contribution in [0, 0.1) is 5.82 Å². The first kappa shape index (κ1) is 16.2. The number of halogens is 4. The van der Waals surface area contributed by atoms with Crippen molar-refractivity contribution in [2.45, 2.75) is 12.7 Å². The number of rotatable bonds is 6. The molecule has 8 heteroatoms. The van der Waals surface area contributed by atoms with Crippen LogP contribution in [0.4, 0.5) is 17.6 Å². The summed E-state index contributed by atoms with van der Waals surface area (Å²) in [5, 5.41) is 2.31. The lowest BCUT2D eigenvalue weighted by Crippen LogP contribution is -2.29. The molecule has 20 heavy (non-hydrogen) atoms. The molecule has 0 bridgehead atoms. The van der Waals surface area contributed by atoms with E-state index in [4.69, 9.17) is 4.74 Å². The maximum atomic E-state index is 13.3. The molecular weight excluding hydrogens is 282 g/mol. The quantitative estimate of drug-likeness (QED) is 0.817. The molecule has 1 amide bonds. The Hall–Kier alpha value is -1.83. The summed E-state index contributed by atoms with van der Waals surface area (Å²) in [7, 11) is 1.32. The van der Waals surface area contributed by atoms with Crippen molar-refractivity contribution in [2.75, 3.05) is 20.3 Å². The van der Waals surface area contributed by atoms with E-state index in [1.807, 2.05) is 0 Å². The molecule has 0 aliphatic heterocycles. The van der Waals surface area contributed by atoms with Crippen LogP contribution < -0.4 is 10.1 Å². The summed E-state index contributed by atoms with van der Waals surface area (Å²) >= 11 is 0. The molecule has 0 spiro atoms. The number of hydrogen-bond acceptors (Lipinski definition) is 3. The summed E-state index contributed by atoms with van der Waals surface area (Å²) in [5.41, 5.74) is 0.451. The van der Waals surface area contributed by atoms with Crippen LogP contribution in [0.2, 0.25) is 0 Å². The predicted molar refractivity (Wildman–Crippen MR) is 61.7 cm³/mol. The third kappa shape index (κ3) is 5.87. The van der Waals surface area contributed by atoms with E-state index < -0.39 is 31.1 Å². The highest BCUT2D eigenvalue weighted by atomic mass is 19.4. The van der Waals surface area contributed by atoms with Gasteiger partial charge in [-0.1, -0.05) is 6.07 Å². The Kier molecular flexibility index (Phi) is 5.75. The number of ether oxygens (including phenoxy) is 2. The zero-order chi connectivity index (χ0) is 15.2.